The van der Waals surface area contributed by atoms with E-state index in [1.807, 2.05) is 20.0 Å². The Kier molecular flexibility index (Phi) is 5.07. The van der Waals surface area contributed by atoms with Crippen molar-refractivity contribution in [3.05, 3.63) is 59.6 Å². The molecule has 0 N–H and O–H groups in total. The lowest BCUT2D eigenvalue weighted by molar-refractivity contribution is -0.142. The third-order valence-electron chi connectivity index (χ3n) is 3.93. The summed E-state index contributed by atoms with van der Waals surface area (Å²) < 4.78 is 30.6. The molecular weight excluding hydrogens is 322 g/mol. The molecule has 25 heavy (non-hydrogen) atoms. The SMILES string of the molecule is Bc1cc(COc2ccccc2CC(=O)OCC)c(F)c2ccoc12. The number of ether oxygens (including phenoxy) is 2. The highest BCUT2D eigenvalue weighted by molar-refractivity contribution is 6.38. The van der Waals surface area contributed by atoms with Gasteiger partial charge in [0, 0.05) is 11.1 Å². The number of carbonyl (C=O) groups excluding carboxylic acids is 1. The van der Waals surface area contributed by atoms with Gasteiger partial charge in [-0.3, -0.25) is 4.79 Å². The fraction of sp³-hybridized carbons (Fsp3) is 0.211. The first-order valence-corrected chi connectivity index (χ1v) is 8.11. The molecule has 6 heteroatoms. The average molecular weight is 340 g/mol. The number of esters is 1. The lowest BCUT2D eigenvalue weighted by Gasteiger charge is -2.12. The Hall–Kier alpha value is -2.76. The molecule has 0 aliphatic carbocycles. The van der Waals surface area contributed by atoms with Gasteiger partial charge in [0.25, 0.3) is 0 Å². The first kappa shape index (κ1) is 17.1. The maximum absolute atomic E-state index is 14.6. The van der Waals surface area contributed by atoms with Gasteiger partial charge in [-0.15, -0.1) is 0 Å². The van der Waals surface area contributed by atoms with Crippen LogP contribution >= 0.6 is 0 Å². The van der Waals surface area contributed by atoms with Crippen LogP contribution in [0.2, 0.25) is 0 Å². The van der Waals surface area contributed by atoms with Crippen LogP contribution in [0.5, 0.6) is 5.75 Å². The molecule has 0 saturated heterocycles. The molecule has 0 saturated carbocycles. The van der Waals surface area contributed by atoms with E-state index in [1.54, 1.807) is 31.2 Å². The van der Waals surface area contributed by atoms with Crippen LogP contribution in [0.3, 0.4) is 0 Å². The standard InChI is InChI=1S/C19H18BFO4/c1-2-23-17(22)10-12-5-3-4-6-16(12)25-11-13-9-15(20)19-14(18(13)21)7-8-24-19/h3-9H,2,10-11,20H2,1H3. The monoisotopic (exact) mass is 340 g/mol. The van der Waals surface area contributed by atoms with Crippen LogP contribution in [-0.4, -0.2) is 20.4 Å². The fourth-order valence-electron chi connectivity index (χ4n) is 2.77. The normalized spacial score (nSPS) is 10.8. The van der Waals surface area contributed by atoms with Crippen molar-refractivity contribution < 1.29 is 23.1 Å². The Morgan fingerprint density at radius 3 is 2.84 bits per heavy atom. The molecule has 0 amide bonds. The van der Waals surface area contributed by atoms with E-state index in [9.17, 15) is 9.18 Å². The van der Waals surface area contributed by atoms with Crippen molar-refractivity contribution in [2.45, 2.75) is 20.0 Å². The quantitative estimate of drug-likeness (QED) is 0.511. The van der Waals surface area contributed by atoms with E-state index in [2.05, 4.69) is 0 Å². The van der Waals surface area contributed by atoms with Gasteiger partial charge in [-0.25, -0.2) is 4.39 Å². The maximum Gasteiger partial charge on any atom is 0.310 e. The van der Waals surface area contributed by atoms with Crippen LogP contribution in [0.4, 0.5) is 4.39 Å². The zero-order valence-corrected chi connectivity index (χ0v) is 14.2. The summed E-state index contributed by atoms with van der Waals surface area (Å²) in [6.45, 7) is 2.15. The van der Waals surface area contributed by atoms with E-state index >= 15 is 0 Å². The van der Waals surface area contributed by atoms with Gasteiger partial charge in [0.05, 0.1) is 24.7 Å². The number of rotatable bonds is 6. The third kappa shape index (κ3) is 3.68. The van der Waals surface area contributed by atoms with Gasteiger partial charge in [-0.2, -0.15) is 0 Å². The van der Waals surface area contributed by atoms with Crippen LogP contribution in [0.25, 0.3) is 11.0 Å². The molecule has 2 aromatic carbocycles. The van der Waals surface area contributed by atoms with Gasteiger partial charge in [-0.05, 0) is 24.5 Å². The minimum Gasteiger partial charge on any atom is -0.488 e. The number of benzene rings is 2. The highest BCUT2D eigenvalue weighted by Crippen LogP contribution is 2.24. The van der Waals surface area contributed by atoms with Crippen molar-refractivity contribution in [1.82, 2.24) is 0 Å². The predicted octanol–water partition coefficient (Wildman–Crippen LogP) is 2.51. The second-order valence-electron chi connectivity index (χ2n) is 5.71. The van der Waals surface area contributed by atoms with E-state index in [1.165, 1.54) is 6.26 Å². The molecule has 128 valence electrons. The molecule has 0 atom stereocenters. The number of hydrogen-bond donors (Lipinski definition) is 0. The van der Waals surface area contributed by atoms with Gasteiger partial charge in [0.15, 0.2) is 0 Å². The number of fused-ring (bicyclic) bond motifs is 1. The van der Waals surface area contributed by atoms with E-state index in [0.717, 1.165) is 5.46 Å². The molecule has 0 bridgehead atoms. The average Bonchev–Trinajstić information content (AvgIpc) is 3.09. The van der Waals surface area contributed by atoms with Crippen molar-refractivity contribution in [2.75, 3.05) is 6.61 Å². The lowest BCUT2D eigenvalue weighted by atomic mass is 9.92. The van der Waals surface area contributed by atoms with Crippen LogP contribution in [-0.2, 0) is 22.6 Å². The van der Waals surface area contributed by atoms with Gasteiger partial charge in [0.1, 0.15) is 31.6 Å². The number of halogens is 1. The summed E-state index contributed by atoms with van der Waals surface area (Å²) in [5.41, 5.74) is 2.54. The van der Waals surface area contributed by atoms with E-state index in [0.29, 0.717) is 34.5 Å². The molecule has 4 nitrogen and oxygen atoms in total. The zero-order valence-electron chi connectivity index (χ0n) is 14.2. The van der Waals surface area contributed by atoms with Crippen molar-refractivity contribution in [3.8, 4) is 5.75 Å². The highest BCUT2D eigenvalue weighted by atomic mass is 19.1. The topological polar surface area (TPSA) is 48.7 Å². The van der Waals surface area contributed by atoms with E-state index in [-0.39, 0.29) is 24.8 Å². The molecular formula is C19H18BFO4. The number of carbonyl (C=O) groups is 1. The minimum absolute atomic E-state index is 0.0631. The van der Waals surface area contributed by atoms with Crippen molar-refractivity contribution >= 4 is 30.2 Å². The largest absolute Gasteiger partial charge is 0.488 e. The highest BCUT2D eigenvalue weighted by Gasteiger charge is 2.14. The summed E-state index contributed by atoms with van der Waals surface area (Å²) in [5, 5.41) is 0.443. The van der Waals surface area contributed by atoms with Gasteiger partial charge < -0.3 is 13.9 Å². The van der Waals surface area contributed by atoms with Crippen LogP contribution in [0.1, 0.15) is 18.1 Å². The molecule has 0 radical (unpaired) electrons. The van der Waals surface area contributed by atoms with Crippen LogP contribution in [0, 0.1) is 5.82 Å². The molecule has 1 aromatic heterocycles. The Morgan fingerprint density at radius 1 is 1.24 bits per heavy atom. The summed E-state index contributed by atoms with van der Waals surface area (Å²) in [6.07, 6.45) is 1.59. The second kappa shape index (κ2) is 7.42. The maximum atomic E-state index is 14.6. The van der Waals surface area contributed by atoms with Crippen LogP contribution < -0.4 is 10.2 Å². The van der Waals surface area contributed by atoms with Crippen molar-refractivity contribution in [2.24, 2.45) is 0 Å². The molecule has 0 spiro atoms. The van der Waals surface area contributed by atoms with Crippen molar-refractivity contribution in [1.29, 1.82) is 0 Å². The molecule has 0 aliphatic rings. The Labute approximate surface area is 145 Å². The minimum atomic E-state index is -0.350. The van der Waals surface area contributed by atoms with E-state index in [4.69, 9.17) is 13.9 Å². The summed E-state index contributed by atoms with van der Waals surface area (Å²) in [4.78, 5) is 11.7. The summed E-state index contributed by atoms with van der Waals surface area (Å²) in [6, 6.07) is 10.5. The summed E-state index contributed by atoms with van der Waals surface area (Å²) in [7, 11) is 1.86. The smallest absolute Gasteiger partial charge is 0.310 e. The number of hydrogen-bond acceptors (Lipinski definition) is 4. The Morgan fingerprint density at radius 2 is 2.04 bits per heavy atom. The lowest BCUT2D eigenvalue weighted by Crippen LogP contribution is -2.11. The first-order valence-electron chi connectivity index (χ1n) is 8.11. The molecule has 0 unspecified atom stereocenters. The predicted molar refractivity (Wildman–Crippen MR) is 95.5 cm³/mol. The molecule has 3 rings (SSSR count). The fourth-order valence-corrected chi connectivity index (χ4v) is 2.77. The second-order valence-corrected chi connectivity index (χ2v) is 5.71. The van der Waals surface area contributed by atoms with Gasteiger partial charge >= 0.3 is 5.97 Å². The number of para-hydroxylation sites is 1. The number of furan rings is 1. The molecule has 0 aliphatic heterocycles. The summed E-state index contributed by atoms with van der Waals surface area (Å²) >= 11 is 0. The Bertz CT molecular complexity index is 904. The zero-order chi connectivity index (χ0) is 17.8. The third-order valence-corrected chi connectivity index (χ3v) is 3.93. The summed E-state index contributed by atoms with van der Waals surface area (Å²) in [5.74, 6) is -0.127. The molecule has 3 aromatic rings. The molecule has 0 fully saturated rings. The van der Waals surface area contributed by atoms with Crippen molar-refractivity contribution in [3.63, 3.8) is 0 Å². The first-order chi connectivity index (χ1) is 12.1. The van der Waals surface area contributed by atoms with Crippen LogP contribution in [0.15, 0.2) is 47.1 Å². The van der Waals surface area contributed by atoms with Gasteiger partial charge in [0.2, 0.25) is 0 Å². The van der Waals surface area contributed by atoms with E-state index < -0.39 is 0 Å². The van der Waals surface area contributed by atoms with Gasteiger partial charge in [-0.1, -0.05) is 24.3 Å². The molecule has 1 heterocycles. The Balaban J connectivity index is 1.80.